The molecule has 1 aromatic heterocycles. The number of hydrogen-bond acceptors (Lipinski definition) is 11. The SMILES string of the molecule is CC(=O)OCC1OC(SC(C)=O)C(OC(C)=O)C(n2cc(-c3cc(F)c(F)c(F)c3)nn2)C1OC(C)=O. The smallest absolute Gasteiger partial charge is 0.303 e. The van der Waals surface area contributed by atoms with Crippen LogP contribution in [0, 0.1) is 17.5 Å². The van der Waals surface area contributed by atoms with Crippen molar-refractivity contribution in [1.82, 2.24) is 15.0 Å². The number of nitrogens with zero attached hydrogens (tertiary/aromatic N) is 3. The number of ether oxygens (including phenoxy) is 4. The third-order valence-corrected chi connectivity index (χ3v) is 5.99. The summed E-state index contributed by atoms with van der Waals surface area (Å²) in [5.74, 6) is -6.77. The summed E-state index contributed by atoms with van der Waals surface area (Å²) >= 11 is 0.670. The van der Waals surface area contributed by atoms with Gasteiger partial charge in [0.25, 0.3) is 0 Å². The summed E-state index contributed by atoms with van der Waals surface area (Å²) in [5.41, 5.74) is -1.42. The molecule has 2 aromatic rings. The van der Waals surface area contributed by atoms with Gasteiger partial charge in [-0.15, -0.1) is 5.10 Å². The van der Waals surface area contributed by atoms with Gasteiger partial charge in [-0.1, -0.05) is 17.0 Å². The van der Waals surface area contributed by atoms with E-state index in [0.29, 0.717) is 23.9 Å². The number of carbonyl (C=O) groups is 4. The van der Waals surface area contributed by atoms with Crippen LogP contribution in [0.15, 0.2) is 18.3 Å². The standard InChI is InChI=1S/C22H22F3N3O8S/c1-9(29)33-8-17-20(34-10(2)30)19(21(35-11(3)31)22(36-17)37-12(4)32)28-7-16(26-27-28)13-5-14(23)18(25)15(24)6-13/h5-7,17,19-22H,8H2,1-4H3. The van der Waals surface area contributed by atoms with Crippen molar-refractivity contribution in [3.05, 3.63) is 35.8 Å². The molecule has 0 bridgehead atoms. The lowest BCUT2D eigenvalue weighted by atomic mass is 9.96. The summed E-state index contributed by atoms with van der Waals surface area (Å²) in [6.45, 7) is 4.21. The summed E-state index contributed by atoms with van der Waals surface area (Å²) < 4.78 is 63.9. The Labute approximate surface area is 212 Å². The average molecular weight is 545 g/mol. The van der Waals surface area contributed by atoms with Gasteiger partial charge in [0.15, 0.2) is 34.8 Å². The van der Waals surface area contributed by atoms with Gasteiger partial charge < -0.3 is 18.9 Å². The third kappa shape index (κ3) is 6.85. The number of aromatic nitrogens is 3. The molecule has 5 unspecified atom stereocenters. The van der Waals surface area contributed by atoms with Gasteiger partial charge in [-0.05, 0) is 12.1 Å². The van der Waals surface area contributed by atoms with Crippen LogP contribution in [-0.4, -0.2) is 68.4 Å². The Hall–Kier alpha value is -3.46. The zero-order chi connectivity index (χ0) is 27.4. The number of hydrogen-bond donors (Lipinski definition) is 0. The predicted molar refractivity (Wildman–Crippen MR) is 119 cm³/mol. The number of benzene rings is 1. The predicted octanol–water partition coefficient (Wildman–Crippen LogP) is 2.33. The number of thioether (sulfide) groups is 1. The summed E-state index contributed by atoms with van der Waals surface area (Å²) in [6.07, 6.45) is -2.52. The van der Waals surface area contributed by atoms with Gasteiger partial charge in [-0.2, -0.15) is 0 Å². The highest BCUT2D eigenvalue weighted by molar-refractivity contribution is 8.14. The molecule has 1 aliphatic heterocycles. The largest absolute Gasteiger partial charge is 0.463 e. The Balaban J connectivity index is 2.12. The minimum atomic E-state index is -1.66. The van der Waals surface area contributed by atoms with Crippen molar-refractivity contribution in [2.24, 2.45) is 0 Å². The quantitative estimate of drug-likeness (QED) is 0.288. The molecule has 1 aliphatic rings. The van der Waals surface area contributed by atoms with Crippen molar-refractivity contribution >= 4 is 34.8 Å². The Bertz CT molecular complexity index is 1190. The molecule has 11 nitrogen and oxygen atoms in total. The molecule has 2 heterocycles. The molecule has 1 aromatic carbocycles. The Morgan fingerprint density at radius 3 is 2.11 bits per heavy atom. The lowest BCUT2D eigenvalue weighted by molar-refractivity contribution is -0.212. The maximum atomic E-state index is 13.8. The fourth-order valence-corrected chi connectivity index (χ4v) is 4.58. The van der Waals surface area contributed by atoms with Crippen LogP contribution in [-0.2, 0) is 38.1 Å². The van der Waals surface area contributed by atoms with Crippen LogP contribution >= 0.6 is 11.8 Å². The highest BCUT2D eigenvalue weighted by Gasteiger charge is 2.52. The molecule has 200 valence electrons. The summed E-state index contributed by atoms with van der Waals surface area (Å²) in [4.78, 5) is 47.3. The zero-order valence-electron chi connectivity index (χ0n) is 20.0. The van der Waals surface area contributed by atoms with E-state index in [9.17, 15) is 32.3 Å². The molecular weight excluding hydrogens is 523 g/mol. The second kappa shape index (κ2) is 11.7. The highest BCUT2D eigenvalue weighted by atomic mass is 32.2. The lowest BCUT2D eigenvalue weighted by Gasteiger charge is -2.44. The van der Waals surface area contributed by atoms with Crippen LogP contribution in [0.25, 0.3) is 11.3 Å². The van der Waals surface area contributed by atoms with Gasteiger partial charge in [0.1, 0.15) is 29.9 Å². The van der Waals surface area contributed by atoms with Crippen molar-refractivity contribution in [3.8, 4) is 11.3 Å². The number of halogens is 3. The van der Waals surface area contributed by atoms with Crippen LogP contribution in [0.5, 0.6) is 0 Å². The van der Waals surface area contributed by atoms with E-state index in [-0.39, 0.29) is 11.3 Å². The van der Waals surface area contributed by atoms with Gasteiger partial charge in [-0.3, -0.25) is 19.2 Å². The highest BCUT2D eigenvalue weighted by Crippen LogP contribution is 2.39. The van der Waals surface area contributed by atoms with Crippen molar-refractivity contribution in [2.45, 2.75) is 57.5 Å². The molecule has 0 radical (unpaired) electrons. The average Bonchev–Trinajstić information content (AvgIpc) is 3.26. The van der Waals surface area contributed by atoms with Crippen LogP contribution in [0.4, 0.5) is 13.2 Å². The Kier molecular flexibility index (Phi) is 8.91. The van der Waals surface area contributed by atoms with Gasteiger partial charge in [0, 0.05) is 33.3 Å². The summed E-state index contributed by atoms with van der Waals surface area (Å²) in [7, 11) is 0. The van der Waals surface area contributed by atoms with Gasteiger partial charge in [-0.25, -0.2) is 17.9 Å². The van der Waals surface area contributed by atoms with E-state index < -0.39 is 76.9 Å². The maximum absolute atomic E-state index is 13.8. The molecule has 1 saturated heterocycles. The molecule has 0 aliphatic carbocycles. The van der Waals surface area contributed by atoms with E-state index in [4.69, 9.17) is 18.9 Å². The first-order valence-corrected chi connectivity index (χ1v) is 11.6. The van der Waals surface area contributed by atoms with Crippen molar-refractivity contribution < 1.29 is 51.3 Å². The van der Waals surface area contributed by atoms with E-state index in [1.165, 1.54) is 13.1 Å². The number of rotatable bonds is 7. The molecule has 15 heteroatoms. The summed E-state index contributed by atoms with van der Waals surface area (Å²) in [5, 5.41) is 7.40. The number of carbonyl (C=O) groups excluding carboxylic acids is 4. The topological polar surface area (TPSA) is 136 Å². The fraction of sp³-hybridized carbons (Fsp3) is 0.455. The van der Waals surface area contributed by atoms with E-state index in [1.807, 2.05) is 0 Å². The van der Waals surface area contributed by atoms with Gasteiger partial charge >= 0.3 is 17.9 Å². The fourth-order valence-electron chi connectivity index (χ4n) is 3.70. The monoisotopic (exact) mass is 545 g/mol. The van der Waals surface area contributed by atoms with Gasteiger partial charge in [0.05, 0.1) is 6.20 Å². The molecule has 5 atom stereocenters. The molecule has 0 spiro atoms. The second-order valence-corrected chi connectivity index (χ2v) is 9.21. The first-order valence-electron chi connectivity index (χ1n) is 10.7. The van der Waals surface area contributed by atoms with E-state index in [1.54, 1.807) is 0 Å². The summed E-state index contributed by atoms with van der Waals surface area (Å²) in [6, 6.07) is 0.221. The molecule has 0 saturated carbocycles. The van der Waals surface area contributed by atoms with E-state index in [2.05, 4.69) is 10.3 Å². The molecule has 1 fully saturated rings. The van der Waals surface area contributed by atoms with Crippen LogP contribution in [0.1, 0.15) is 33.7 Å². The molecule has 0 N–H and O–H groups in total. The molecule has 37 heavy (non-hydrogen) atoms. The lowest BCUT2D eigenvalue weighted by Crippen LogP contribution is -2.58. The van der Waals surface area contributed by atoms with Gasteiger partial charge in [0.2, 0.25) is 0 Å². The van der Waals surface area contributed by atoms with Crippen molar-refractivity contribution in [2.75, 3.05) is 6.61 Å². The third-order valence-electron chi connectivity index (χ3n) is 5.05. The van der Waals surface area contributed by atoms with Crippen LogP contribution < -0.4 is 0 Å². The minimum Gasteiger partial charge on any atom is -0.463 e. The second-order valence-electron chi connectivity index (χ2n) is 7.93. The van der Waals surface area contributed by atoms with Crippen molar-refractivity contribution in [3.63, 3.8) is 0 Å². The molecule has 3 rings (SSSR count). The molecule has 0 amide bonds. The zero-order valence-corrected chi connectivity index (χ0v) is 20.8. The first-order chi connectivity index (χ1) is 17.4. The normalized spacial score (nSPS) is 23.3. The van der Waals surface area contributed by atoms with Crippen LogP contribution in [0.2, 0.25) is 0 Å². The van der Waals surface area contributed by atoms with Crippen molar-refractivity contribution in [1.29, 1.82) is 0 Å². The molecular formula is C22H22F3N3O8S. The number of esters is 3. The first kappa shape index (κ1) is 28.1. The Morgan fingerprint density at radius 2 is 1.57 bits per heavy atom. The van der Waals surface area contributed by atoms with Crippen LogP contribution in [0.3, 0.4) is 0 Å². The van der Waals surface area contributed by atoms with E-state index >= 15 is 0 Å². The maximum Gasteiger partial charge on any atom is 0.303 e. The Morgan fingerprint density at radius 1 is 0.973 bits per heavy atom. The van der Waals surface area contributed by atoms with E-state index in [0.717, 1.165) is 25.5 Å². The minimum absolute atomic E-state index is 0.0975.